The van der Waals surface area contributed by atoms with Crippen molar-refractivity contribution in [2.75, 3.05) is 6.54 Å². The van der Waals surface area contributed by atoms with Gasteiger partial charge in [-0.1, -0.05) is 30.0 Å². The zero-order valence-electron chi connectivity index (χ0n) is 10.1. The van der Waals surface area contributed by atoms with Gasteiger partial charge in [-0.2, -0.15) is 0 Å². The zero-order chi connectivity index (χ0) is 12.8. The van der Waals surface area contributed by atoms with Gasteiger partial charge in [-0.3, -0.25) is 9.89 Å². The molecule has 3 heterocycles. The fourth-order valence-corrected chi connectivity index (χ4v) is 3.43. The summed E-state index contributed by atoms with van der Waals surface area (Å²) in [5, 5.41) is 14.7. The minimum absolute atomic E-state index is 0.241. The molecule has 1 aromatic rings. The van der Waals surface area contributed by atoms with E-state index in [4.69, 9.17) is 0 Å². The molecule has 0 saturated carbocycles. The van der Waals surface area contributed by atoms with Crippen LogP contribution in [0.5, 0.6) is 0 Å². The number of hydrogen-bond donors (Lipinski definition) is 1. The quantitative estimate of drug-likeness (QED) is 0.776. The fourth-order valence-electron chi connectivity index (χ4n) is 2.51. The van der Waals surface area contributed by atoms with E-state index in [2.05, 4.69) is 16.1 Å². The molecule has 0 bridgehead atoms. The van der Waals surface area contributed by atoms with E-state index in [-0.39, 0.29) is 5.88 Å². The van der Waals surface area contributed by atoms with Gasteiger partial charge in [0.25, 0.3) is 0 Å². The molecule has 0 aliphatic carbocycles. The second kappa shape index (κ2) is 3.99. The molecule has 3 aliphatic heterocycles. The van der Waals surface area contributed by atoms with Crippen LogP contribution in [0.4, 0.5) is 0 Å². The summed E-state index contributed by atoms with van der Waals surface area (Å²) in [7, 11) is 0. The van der Waals surface area contributed by atoms with Crippen molar-refractivity contribution in [2.45, 2.75) is 6.42 Å². The molecule has 0 radical (unpaired) electrons. The molecule has 0 spiro atoms. The molecule has 4 rings (SSSR count). The number of fused-ring (bicyclic) bond motifs is 3. The summed E-state index contributed by atoms with van der Waals surface area (Å²) in [6.07, 6.45) is 2.53. The number of rotatable bonds is 0. The van der Waals surface area contributed by atoms with Crippen LogP contribution in [0.1, 0.15) is 6.42 Å². The van der Waals surface area contributed by atoms with Gasteiger partial charge in [0.1, 0.15) is 6.34 Å². The third-order valence-electron chi connectivity index (χ3n) is 3.39. The predicted octanol–water partition coefficient (Wildman–Crippen LogP) is 1.48. The molecule has 3 aliphatic rings. The smallest absolute Gasteiger partial charge is 0.204 e. The van der Waals surface area contributed by atoms with E-state index in [1.807, 2.05) is 18.2 Å². The molecule has 0 fully saturated rings. The van der Waals surface area contributed by atoms with E-state index in [1.165, 1.54) is 5.57 Å². The summed E-state index contributed by atoms with van der Waals surface area (Å²) in [4.78, 5) is 10.9. The Morgan fingerprint density at radius 1 is 1.26 bits per heavy atom. The minimum atomic E-state index is 0.241. The number of hydrogen-bond acceptors (Lipinski definition) is 5. The van der Waals surface area contributed by atoms with E-state index in [0.717, 1.165) is 34.3 Å². The average Bonchev–Trinajstić information content (AvgIpc) is 2.71. The van der Waals surface area contributed by atoms with Crippen LogP contribution in [0.25, 0.3) is 5.70 Å². The Bertz CT molecular complexity index is 776. The third-order valence-corrected chi connectivity index (χ3v) is 4.39. The highest BCUT2D eigenvalue weighted by Crippen LogP contribution is 2.40. The summed E-state index contributed by atoms with van der Waals surface area (Å²) in [6, 6.07) is 8.08. The Labute approximate surface area is 114 Å². The molecule has 0 saturated heterocycles. The monoisotopic (exact) mass is 269 g/mol. The van der Waals surface area contributed by atoms with Crippen LogP contribution >= 0.6 is 11.8 Å². The van der Waals surface area contributed by atoms with Gasteiger partial charge in [-0.05, 0) is 12.5 Å². The van der Waals surface area contributed by atoms with Gasteiger partial charge in [-0.25, -0.2) is 4.99 Å². The zero-order valence-corrected chi connectivity index (χ0v) is 10.9. The van der Waals surface area contributed by atoms with E-state index in [9.17, 15) is 5.11 Å². The first-order valence-electron chi connectivity index (χ1n) is 6.11. The lowest BCUT2D eigenvalue weighted by molar-refractivity contribution is 0.320. The molecule has 5 heteroatoms. The molecule has 0 unspecified atom stereocenters. The molecule has 0 atom stereocenters. The predicted molar refractivity (Wildman–Crippen MR) is 75.8 cm³/mol. The second-order valence-corrected chi connectivity index (χ2v) is 5.35. The number of para-hydroxylation sites is 1. The van der Waals surface area contributed by atoms with Crippen LogP contribution in [-0.2, 0) is 0 Å². The molecule has 0 amide bonds. The van der Waals surface area contributed by atoms with Gasteiger partial charge in [0.15, 0.2) is 0 Å². The van der Waals surface area contributed by atoms with E-state index in [0.29, 0.717) is 0 Å². The average molecular weight is 269 g/mol. The van der Waals surface area contributed by atoms with Crippen molar-refractivity contribution in [1.29, 1.82) is 0 Å². The number of benzene rings is 1. The lowest BCUT2D eigenvalue weighted by Crippen LogP contribution is -2.28. The van der Waals surface area contributed by atoms with Crippen molar-refractivity contribution in [1.82, 2.24) is 4.90 Å². The normalized spacial score (nSPS) is 20.3. The molecule has 1 N–H and O–H groups in total. The Morgan fingerprint density at radius 2 is 2.16 bits per heavy atom. The lowest BCUT2D eigenvalue weighted by Gasteiger charge is -2.22. The van der Waals surface area contributed by atoms with E-state index >= 15 is 0 Å². The largest absolute Gasteiger partial charge is 0.494 e. The van der Waals surface area contributed by atoms with Crippen molar-refractivity contribution >= 4 is 23.8 Å². The maximum atomic E-state index is 9.79. The molecule has 1 aromatic carbocycles. The number of aliphatic hydroxyl groups is 1. The second-order valence-electron chi connectivity index (χ2n) is 4.49. The Hall–Kier alpha value is -2.01. The summed E-state index contributed by atoms with van der Waals surface area (Å²) in [5.74, 6) is 0.241. The Morgan fingerprint density at radius 3 is 3.11 bits per heavy atom. The molecular formula is C14H11N3OS. The summed E-state index contributed by atoms with van der Waals surface area (Å²) < 4.78 is 0. The molecule has 4 nitrogen and oxygen atoms in total. The van der Waals surface area contributed by atoms with Gasteiger partial charge < -0.3 is 5.11 Å². The van der Waals surface area contributed by atoms with E-state index in [1.54, 1.807) is 28.4 Å². The maximum Gasteiger partial charge on any atom is 0.204 e. The summed E-state index contributed by atoms with van der Waals surface area (Å²) >= 11 is 1.54. The van der Waals surface area contributed by atoms with Gasteiger partial charge in [0.05, 0.1) is 16.1 Å². The highest BCUT2D eigenvalue weighted by atomic mass is 32.2. The SMILES string of the molecule is OC1=CSC2=C3CCN=c4ccccc4=C3N=CN12. The van der Waals surface area contributed by atoms with Crippen LogP contribution in [-0.4, -0.2) is 22.9 Å². The number of aliphatic hydroxyl groups excluding tert-OH is 1. The first-order valence-corrected chi connectivity index (χ1v) is 6.99. The van der Waals surface area contributed by atoms with Crippen molar-refractivity contribution in [2.24, 2.45) is 9.98 Å². The maximum absolute atomic E-state index is 9.79. The Kier molecular flexibility index (Phi) is 2.29. The molecule has 19 heavy (non-hydrogen) atoms. The van der Waals surface area contributed by atoms with Crippen LogP contribution in [0.2, 0.25) is 0 Å². The van der Waals surface area contributed by atoms with Crippen molar-refractivity contribution in [3.8, 4) is 0 Å². The van der Waals surface area contributed by atoms with Crippen LogP contribution < -0.4 is 10.6 Å². The Balaban J connectivity index is 2.04. The topological polar surface area (TPSA) is 48.2 Å². The number of aliphatic imine (C=N–C) groups is 1. The van der Waals surface area contributed by atoms with Crippen molar-refractivity contribution < 1.29 is 5.11 Å². The first kappa shape index (κ1) is 10.9. The number of nitrogens with zero attached hydrogens (tertiary/aromatic N) is 3. The van der Waals surface area contributed by atoms with Crippen LogP contribution in [0.3, 0.4) is 0 Å². The van der Waals surface area contributed by atoms with Gasteiger partial charge >= 0.3 is 0 Å². The van der Waals surface area contributed by atoms with Crippen LogP contribution in [0.15, 0.2) is 56.1 Å². The van der Waals surface area contributed by atoms with Gasteiger partial charge in [0, 0.05) is 22.7 Å². The standard InChI is InChI=1S/C14H11N3OS/c18-12-7-19-14-10-5-6-15-11-4-2-1-3-9(11)13(10)16-8-17(12)14/h1-4,7-8,18H,5-6H2. The van der Waals surface area contributed by atoms with E-state index < -0.39 is 0 Å². The first-order chi connectivity index (χ1) is 9.34. The van der Waals surface area contributed by atoms with Crippen LogP contribution in [0, 0.1) is 0 Å². The van der Waals surface area contributed by atoms with Crippen molar-refractivity contribution in [3.05, 3.63) is 56.7 Å². The molecular weight excluding hydrogens is 258 g/mol. The number of thioether (sulfide) groups is 1. The molecule has 0 aromatic heterocycles. The highest BCUT2D eigenvalue weighted by molar-refractivity contribution is 8.06. The minimum Gasteiger partial charge on any atom is -0.494 e. The summed E-state index contributed by atoms with van der Waals surface area (Å²) in [6.45, 7) is 0.754. The third kappa shape index (κ3) is 1.55. The fraction of sp³-hybridized carbons (Fsp3) is 0.143. The summed E-state index contributed by atoms with van der Waals surface area (Å²) in [5.41, 5.74) is 2.15. The van der Waals surface area contributed by atoms with Gasteiger partial charge in [-0.15, -0.1) is 0 Å². The van der Waals surface area contributed by atoms with Crippen molar-refractivity contribution in [3.63, 3.8) is 0 Å². The highest BCUT2D eigenvalue weighted by Gasteiger charge is 2.28. The lowest BCUT2D eigenvalue weighted by atomic mass is 10.1. The van der Waals surface area contributed by atoms with Gasteiger partial charge in [0.2, 0.25) is 5.88 Å². The molecule has 94 valence electrons.